The molecule has 1 fully saturated rings. The Morgan fingerprint density at radius 3 is 2.31 bits per heavy atom. The predicted molar refractivity (Wildman–Crippen MR) is 51.3 cm³/mol. The number of methoxy groups -OCH3 is 1. The molecule has 0 atom stereocenters. The Morgan fingerprint density at radius 1 is 1.38 bits per heavy atom. The van der Waals surface area contributed by atoms with Gasteiger partial charge in [-0.15, -0.1) is 0 Å². The lowest BCUT2D eigenvalue weighted by molar-refractivity contribution is 0.0201. The molecule has 1 heterocycles. The van der Waals surface area contributed by atoms with E-state index in [1.165, 1.54) is 0 Å². The minimum atomic E-state index is -0.321. The molecule has 0 aromatic rings. The maximum absolute atomic E-state index is 8.95. The van der Waals surface area contributed by atoms with Gasteiger partial charge in [0.25, 0.3) is 0 Å². The molecule has 74 valence electrons. The van der Waals surface area contributed by atoms with Crippen LogP contribution in [0.5, 0.6) is 0 Å². The fourth-order valence-electron chi connectivity index (χ4n) is 1.72. The summed E-state index contributed by atoms with van der Waals surface area (Å²) in [5.74, 6) is 0. The number of hydrogen-bond acceptors (Lipinski definition) is 3. The van der Waals surface area contributed by atoms with E-state index in [1.54, 1.807) is 7.11 Å². The van der Waals surface area contributed by atoms with E-state index in [1.807, 2.05) is 13.8 Å². The van der Waals surface area contributed by atoms with Crippen LogP contribution in [0.2, 0.25) is 0 Å². The summed E-state index contributed by atoms with van der Waals surface area (Å²) in [4.78, 5) is 2.22. The van der Waals surface area contributed by atoms with Gasteiger partial charge in [-0.1, -0.05) is 0 Å². The number of hydrogen-bond donors (Lipinski definition) is 0. The highest BCUT2D eigenvalue weighted by Crippen LogP contribution is 2.20. The Balaban J connectivity index is 2.46. The van der Waals surface area contributed by atoms with E-state index in [0.717, 1.165) is 25.9 Å². The van der Waals surface area contributed by atoms with E-state index in [-0.39, 0.29) is 5.54 Å². The maximum Gasteiger partial charge on any atom is 0.103 e. The Morgan fingerprint density at radius 2 is 1.92 bits per heavy atom. The second-order valence-electron chi connectivity index (χ2n) is 4.09. The molecule has 0 aliphatic carbocycles. The van der Waals surface area contributed by atoms with Crippen LogP contribution >= 0.6 is 0 Å². The molecule has 0 N–H and O–H groups in total. The van der Waals surface area contributed by atoms with Gasteiger partial charge in [-0.2, -0.15) is 5.26 Å². The van der Waals surface area contributed by atoms with E-state index in [0.29, 0.717) is 6.10 Å². The molecule has 0 amide bonds. The molecular formula is C10H18N2O. The summed E-state index contributed by atoms with van der Waals surface area (Å²) < 4.78 is 5.28. The number of rotatable bonds is 2. The zero-order valence-electron chi connectivity index (χ0n) is 8.71. The van der Waals surface area contributed by atoms with Crippen molar-refractivity contribution in [3.05, 3.63) is 0 Å². The van der Waals surface area contributed by atoms with Gasteiger partial charge in [-0.3, -0.25) is 4.90 Å². The Hall–Kier alpha value is -0.590. The third-order valence-electron chi connectivity index (χ3n) is 2.84. The Kier molecular flexibility index (Phi) is 3.29. The quantitative estimate of drug-likeness (QED) is 0.647. The van der Waals surface area contributed by atoms with Crippen LogP contribution in [0.1, 0.15) is 26.7 Å². The average molecular weight is 182 g/mol. The largest absolute Gasteiger partial charge is 0.381 e. The number of nitrogens with zero attached hydrogens (tertiary/aromatic N) is 2. The molecule has 0 aromatic heterocycles. The van der Waals surface area contributed by atoms with Gasteiger partial charge in [0.05, 0.1) is 12.2 Å². The van der Waals surface area contributed by atoms with Gasteiger partial charge >= 0.3 is 0 Å². The standard InChI is InChI=1S/C10H18N2O/c1-10(2,8-11)12-6-4-9(13-3)5-7-12/h9H,4-7H2,1-3H3. The first-order valence-electron chi connectivity index (χ1n) is 4.79. The van der Waals surface area contributed by atoms with Crippen LogP contribution in [0.3, 0.4) is 0 Å². The summed E-state index contributed by atoms with van der Waals surface area (Å²) >= 11 is 0. The fraction of sp³-hybridized carbons (Fsp3) is 0.900. The van der Waals surface area contributed by atoms with E-state index < -0.39 is 0 Å². The molecule has 0 saturated carbocycles. The van der Waals surface area contributed by atoms with Gasteiger partial charge in [0.1, 0.15) is 5.54 Å². The minimum Gasteiger partial charge on any atom is -0.381 e. The van der Waals surface area contributed by atoms with Crippen molar-refractivity contribution >= 4 is 0 Å². The van der Waals surface area contributed by atoms with Crippen LogP contribution in [-0.4, -0.2) is 36.7 Å². The zero-order chi connectivity index (χ0) is 9.90. The molecular weight excluding hydrogens is 164 g/mol. The molecule has 1 aliphatic rings. The summed E-state index contributed by atoms with van der Waals surface area (Å²) in [6, 6.07) is 2.33. The van der Waals surface area contributed by atoms with Crippen molar-refractivity contribution in [1.29, 1.82) is 5.26 Å². The van der Waals surface area contributed by atoms with E-state index in [4.69, 9.17) is 10.00 Å². The Labute approximate surface area is 80.3 Å². The number of ether oxygens (including phenoxy) is 1. The zero-order valence-corrected chi connectivity index (χ0v) is 8.71. The average Bonchev–Trinajstić information content (AvgIpc) is 2.18. The minimum absolute atomic E-state index is 0.321. The van der Waals surface area contributed by atoms with E-state index in [9.17, 15) is 0 Å². The molecule has 1 rings (SSSR count). The van der Waals surface area contributed by atoms with E-state index >= 15 is 0 Å². The first-order valence-corrected chi connectivity index (χ1v) is 4.79. The summed E-state index contributed by atoms with van der Waals surface area (Å²) in [6.45, 7) is 5.89. The smallest absolute Gasteiger partial charge is 0.103 e. The second kappa shape index (κ2) is 4.08. The van der Waals surface area contributed by atoms with Gasteiger partial charge in [-0.05, 0) is 26.7 Å². The monoisotopic (exact) mass is 182 g/mol. The highest BCUT2D eigenvalue weighted by molar-refractivity contribution is 5.02. The molecule has 0 spiro atoms. The van der Waals surface area contributed by atoms with Gasteiger partial charge in [0, 0.05) is 20.2 Å². The summed E-state index contributed by atoms with van der Waals surface area (Å²) in [5, 5.41) is 8.95. The normalized spacial score (nSPS) is 21.4. The Bertz CT molecular complexity index is 199. The molecule has 0 radical (unpaired) electrons. The number of likely N-dealkylation sites (tertiary alicyclic amines) is 1. The predicted octanol–water partition coefficient (Wildman–Crippen LogP) is 1.40. The topological polar surface area (TPSA) is 36.3 Å². The van der Waals surface area contributed by atoms with Crippen LogP contribution in [-0.2, 0) is 4.74 Å². The molecule has 0 aromatic carbocycles. The molecule has 0 bridgehead atoms. The molecule has 1 aliphatic heterocycles. The van der Waals surface area contributed by atoms with Crippen LogP contribution in [0.4, 0.5) is 0 Å². The molecule has 0 unspecified atom stereocenters. The summed E-state index contributed by atoms with van der Waals surface area (Å²) in [7, 11) is 1.76. The van der Waals surface area contributed by atoms with Crippen molar-refractivity contribution in [3.63, 3.8) is 0 Å². The molecule has 3 heteroatoms. The third kappa shape index (κ3) is 2.43. The van der Waals surface area contributed by atoms with Gasteiger partial charge in [-0.25, -0.2) is 0 Å². The maximum atomic E-state index is 8.95. The number of nitriles is 1. The van der Waals surface area contributed by atoms with Crippen LogP contribution < -0.4 is 0 Å². The SMILES string of the molecule is COC1CCN(C(C)(C)C#N)CC1. The lowest BCUT2D eigenvalue weighted by atomic mass is 9.99. The van der Waals surface area contributed by atoms with E-state index in [2.05, 4.69) is 11.0 Å². The fourth-order valence-corrected chi connectivity index (χ4v) is 1.72. The van der Waals surface area contributed by atoms with Crippen molar-refractivity contribution in [1.82, 2.24) is 4.90 Å². The number of piperidine rings is 1. The molecule has 3 nitrogen and oxygen atoms in total. The van der Waals surface area contributed by atoms with Crippen molar-refractivity contribution < 1.29 is 4.74 Å². The highest BCUT2D eigenvalue weighted by atomic mass is 16.5. The van der Waals surface area contributed by atoms with Crippen molar-refractivity contribution in [3.8, 4) is 6.07 Å². The second-order valence-corrected chi connectivity index (χ2v) is 4.09. The third-order valence-corrected chi connectivity index (χ3v) is 2.84. The molecule has 13 heavy (non-hydrogen) atoms. The van der Waals surface area contributed by atoms with Crippen molar-refractivity contribution in [2.45, 2.75) is 38.3 Å². The van der Waals surface area contributed by atoms with Crippen molar-refractivity contribution in [2.75, 3.05) is 20.2 Å². The highest BCUT2D eigenvalue weighted by Gasteiger charge is 2.30. The van der Waals surface area contributed by atoms with Gasteiger partial charge < -0.3 is 4.74 Å². The van der Waals surface area contributed by atoms with Crippen molar-refractivity contribution in [2.24, 2.45) is 0 Å². The first kappa shape index (κ1) is 10.5. The van der Waals surface area contributed by atoms with Gasteiger partial charge in [0.15, 0.2) is 0 Å². The first-order chi connectivity index (χ1) is 6.10. The van der Waals surface area contributed by atoms with Crippen LogP contribution in [0.25, 0.3) is 0 Å². The van der Waals surface area contributed by atoms with Gasteiger partial charge in [0.2, 0.25) is 0 Å². The lowest BCUT2D eigenvalue weighted by Gasteiger charge is -2.38. The van der Waals surface area contributed by atoms with Crippen LogP contribution in [0, 0.1) is 11.3 Å². The summed E-state index contributed by atoms with van der Waals surface area (Å²) in [6.07, 6.45) is 2.48. The summed E-state index contributed by atoms with van der Waals surface area (Å²) in [5.41, 5.74) is -0.321. The van der Waals surface area contributed by atoms with Crippen LogP contribution in [0.15, 0.2) is 0 Å². The lowest BCUT2D eigenvalue weighted by Crippen LogP contribution is -2.48. The molecule has 1 saturated heterocycles.